The van der Waals surface area contributed by atoms with E-state index in [4.69, 9.17) is 0 Å². The van der Waals surface area contributed by atoms with Crippen LogP contribution < -0.4 is 0 Å². The number of hydrogen-bond acceptors (Lipinski definition) is 1. The molecule has 2 heteroatoms. The summed E-state index contributed by atoms with van der Waals surface area (Å²) in [6.07, 6.45) is 1.19. The molecule has 0 amide bonds. The van der Waals surface area contributed by atoms with Crippen LogP contribution >= 0.6 is 0 Å². The minimum absolute atomic E-state index is 0. The van der Waals surface area contributed by atoms with E-state index < -0.39 is 0 Å². The van der Waals surface area contributed by atoms with Gasteiger partial charge in [-0.1, -0.05) is 6.07 Å². The van der Waals surface area contributed by atoms with Crippen LogP contribution in [0.4, 0.5) is 0 Å². The molecule has 1 heterocycles. The van der Waals surface area contributed by atoms with Crippen LogP contribution in [0.1, 0.15) is 47.7 Å². The molecule has 0 saturated heterocycles. The van der Waals surface area contributed by atoms with Crippen molar-refractivity contribution in [3.05, 3.63) is 33.9 Å². The van der Waals surface area contributed by atoms with Crippen molar-refractivity contribution in [1.29, 1.82) is 0 Å². The average Bonchev–Trinajstić information content (AvgIpc) is 2.23. The molecule has 1 radical (unpaired) electrons. The minimum atomic E-state index is 0. The Morgan fingerprint density at radius 2 is 1.71 bits per heavy atom. The van der Waals surface area contributed by atoms with E-state index in [-0.39, 0.29) is 32.7 Å². The van der Waals surface area contributed by atoms with Gasteiger partial charge in [-0.25, -0.2) is 0 Å². The summed E-state index contributed by atoms with van der Waals surface area (Å²) in [6, 6.07) is 3.61. The molecule has 0 spiro atoms. The molecule has 0 aliphatic carbocycles. The maximum atomic E-state index is 2.49. The third-order valence-corrected chi connectivity index (χ3v) is 4.53. The molecule has 91 valence electrons. The molecule has 0 bridgehead atoms. The molecule has 1 aliphatic rings. The Morgan fingerprint density at radius 1 is 1.12 bits per heavy atom. The van der Waals surface area contributed by atoms with Gasteiger partial charge in [0.2, 0.25) is 0 Å². The topological polar surface area (TPSA) is 3.24 Å². The summed E-state index contributed by atoms with van der Waals surface area (Å²) in [5.41, 5.74) is 7.55. The quantitative estimate of drug-likeness (QED) is 0.708. The minimum Gasteiger partial charge on any atom is -0.297 e. The zero-order chi connectivity index (χ0) is 12.0. The average molecular weight is 306 g/mol. The predicted octanol–water partition coefficient (Wildman–Crippen LogP) is 3.55. The van der Waals surface area contributed by atoms with Crippen LogP contribution in [-0.2, 0) is 39.1 Å². The summed E-state index contributed by atoms with van der Waals surface area (Å²) < 4.78 is 0. The molecule has 0 fully saturated rings. The summed E-state index contributed by atoms with van der Waals surface area (Å²) in [5.74, 6) is 0. The molecule has 1 aliphatic heterocycles. The maximum absolute atomic E-state index is 2.49. The van der Waals surface area contributed by atoms with Gasteiger partial charge in [0.1, 0.15) is 0 Å². The molecule has 17 heavy (non-hydrogen) atoms. The van der Waals surface area contributed by atoms with Crippen LogP contribution in [0, 0.1) is 20.8 Å². The van der Waals surface area contributed by atoms with Crippen LogP contribution in [0.5, 0.6) is 0 Å². The first kappa shape index (κ1) is 15.3. The van der Waals surface area contributed by atoms with E-state index in [0.717, 1.165) is 0 Å². The molecule has 0 saturated carbocycles. The molecule has 0 aromatic heterocycles. The zero-order valence-corrected chi connectivity index (χ0v) is 14.8. The van der Waals surface area contributed by atoms with Gasteiger partial charge in [0, 0.05) is 44.8 Å². The van der Waals surface area contributed by atoms with Crippen molar-refractivity contribution in [1.82, 2.24) is 4.90 Å². The van der Waals surface area contributed by atoms with Gasteiger partial charge in [-0.15, -0.1) is 0 Å². The summed E-state index contributed by atoms with van der Waals surface area (Å²) >= 11 is 0. The summed E-state index contributed by atoms with van der Waals surface area (Å²) in [7, 11) is 2.24. The van der Waals surface area contributed by atoms with E-state index in [0.29, 0.717) is 12.1 Å². The molecule has 2 unspecified atom stereocenters. The van der Waals surface area contributed by atoms with Crippen molar-refractivity contribution in [2.45, 2.75) is 53.1 Å². The Balaban J connectivity index is 0.00000144. The molecular weight excluding hydrogens is 283 g/mol. The molecule has 1 aromatic rings. The number of aryl methyl sites for hydroxylation is 1. The first-order valence-electron chi connectivity index (χ1n) is 6.25. The van der Waals surface area contributed by atoms with Gasteiger partial charge in [-0.2, -0.15) is 0 Å². The van der Waals surface area contributed by atoms with E-state index in [1.807, 2.05) is 0 Å². The van der Waals surface area contributed by atoms with Gasteiger partial charge in [0.25, 0.3) is 0 Å². The Kier molecular flexibility index (Phi) is 4.97. The van der Waals surface area contributed by atoms with Crippen molar-refractivity contribution >= 4 is 0 Å². The molecule has 1 nitrogen and oxygen atoms in total. The van der Waals surface area contributed by atoms with Gasteiger partial charge in [-0.05, 0) is 75.9 Å². The van der Waals surface area contributed by atoms with Crippen molar-refractivity contribution in [2.24, 2.45) is 0 Å². The molecule has 0 N–H and O–H groups in total. The normalized spacial score (nSPS) is 24.1. The second kappa shape index (κ2) is 5.51. The van der Waals surface area contributed by atoms with E-state index in [9.17, 15) is 0 Å². The van der Waals surface area contributed by atoms with Crippen LogP contribution in [-0.4, -0.2) is 18.0 Å². The second-order valence-electron chi connectivity index (χ2n) is 5.41. The number of hydrogen-bond donors (Lipinski definition) is 0. The Hall–Kier alpha value is 0.284. The third-order valence-electron chi connectivity index (χ3n) is 4.53. The van der Waals surface area contributed by atoms with E-state index in [2.05, 4.69) is 52.6 Å². The fourth-order valence-electron chi connectivity index (χ4n) is 2.98. The van der Waals surface area contributed by atoms with Crippen LogP contribution in [0.2, 0.25) is 0 Å². The first-order valence-corrected chi connectivity index (χ1v) is 6.25. The predicted molar refractivity (Wildman–Crippen MR) is 70.0 cm³/mol. The van der Waals surface area contributed by atoms with Crippen LogP contribution in [0.3, 0.4) is 0 Å². The van der Waals surface area contributed by atoms with Crippen LogP contribution in [0.15, 0.2) is 6.07 Å². The largest absolute Gasteiger partial charge is 0.297 e. The fraction of sp³-hybridized carbons (Fsp3) is 0.600. The summed E-state index contributed by atoms with van der Waals surface area (Å²) in [5, 5.41) is 0. The summed E-state index contributed by atoms with van der Waals surface area (Å²) in [6.45, 7) is 11.4. The van der Waals surface area contributed by atoms with Gasteiger partial charge in [-0.3, -0.25) is 4.90 Å². The monoisotopic (exact) mass is 306 g/mol. The smallest absolute Gasteiger partial charge is 0.0325 e. The fourth-order valence-corrected chi connectivity index (χ4v) is 2.98. The van der Waals surface area contributed by atoms with Crippen molar-refractivity contribution in [2.75, 3.05) is 7.05 Å². The van der Waals surface area contributed by atoms with E-state index in [1.54, 1.807) is 11.1 Å². The van der Waals surface area contributed by atoms with Crippen molar-refractivity contribution < 1.29 is 32.7 Å². The van der Waals surface area contributed by atoms with Gasteiger partial charge < -0.3 is 0 Å². The Morgan fingerprint density at radius 3 is 2.29 bits per heavy atom. The van der Waals surface area contributed by atoms with Crippen molar-refractivity contribution in [3.8, 4) is 0 Å². The van der Waals surface area contributed by atoms with E-state index in [1.165, 1.54) is 23.1 Å². The maximum Gasteiger partial charge on any atom is 0.0325 e. The number of rotatable bonds is 0. The Bertz CT molecular complexity index is 425. The van der Waals surface area contributed by atoms with Gasteiger partial charge in [0.15, 0.2) is 0 Å². The second-order valence-corrected chi connectivity index (χ2v) is 5.41. The number of likely N-dealkylation sites (N-methyl/N-ethyl adjacent to an activating group) is 1. The standard InChI is InChI=1S/C15H23N.Y/c1-9-7-14-8-10(2)16(6)13(5)15(14)12(4)11(9)3;/h7,10,13H,8H2,1-6H3;. The number of benzene rings is 1. The van der Waals surface area contributed by atoms with Crippen LogP contribution in [0.25, 0.3) is 0 Å². The SMILES string of the molecule is Cc1cc2c(c(C)c1C)C(C)N(C)C(C)C2.[Y]. The van der Waals surface area contributed by atoms with E-state index >= 15 is 0 Å². The summed E-state index contributed by atoms with van der Waals surface area (Å²) in [4.78, 5) is 2.49. The zero-order valence-electron chi connectivity index (χ0n) is 12.0. The Labute approximate surface area is 131 Å². The molecular formula is C15H23NY. The van der Waals surface area contributed by atoms with Gasteiger partial charge in [0.05, 0.1) is 0 Å². The third kappa shape index (κ3) is 2.52. The van der Waals surface area contributed by atoms with Gasteiger partial charge >= 0.3 is 0 Å². The first-order chi connectivity index (χ1) is 7.43. The molecule has 2 rings (SSSR count). The number of fused-ring (bicyclic) bond motifs is 1. The number of nitrogens with zero attached hydrogens (tertiary/aromatic N) is 1. The molecule has 1 aromatic carbocycles. The molecule has 2 atom stereocenters. The van der Waals surface area contributed by atoms with Crippen molar-refractivity contribution in [3.63, 3.8) is 0 Å².